The van der Waals surface area contributed by atoms with Crippen LogP contribution in [0.25, 0.3) is 0 Å². The van der Waals surface area contributed by atoms with Gasteiger partial charge in [0.15, 0.2) is 0 Å². The summed E-state index contributed by atoms with van der Waals surface area (Å²) in [6.07, 6.45) is 3.71. The smallest absolute Gasteiger partial charge is 0.131 e. The van der Waals surface area contributed by atoms with E-state index in [0.29, 0.717) is 0 Å². The first-order valence-electron chi connectivity index (χ1n) is 6.01. The van der Waals surface area contributed by atoms with Crippen molar-refractivity contribution in [3.05, 3.63) is 46.5 Å². The van der Waals surface area contributed by atoms with Gasteiger partial charge < -0.3 is 9.30 Å². The molecule has 1 heterocycles. The van der Waals surface area contributed by atoms with Gasteiger partial charge in [-0.3, -0.25) is 5.84 Å². The van der Waals surface area contributed by atoms with E-state index in [2.05, 4.69) is 33.3 Å². The van der Waals surface area contributed by atoms with E-state index < -0.39 is 0 Å². The van der Waals surface area contributed by atoms with Crippen LogP contribution in [-0.2, 0) is 6.54 Å². The predicted molar refractivity (Wildman–Crippen MR) is 77.8 cm³/mol. The van der Waals surface area contributed by atoms with E-state index in [-0.39, 0.29) is 6.04 Å². The molecule has 0 saturated carbocycles. The number of hydrazine groups is 1. The summed E-state index contributed by atoms with van der Waals surface area (Å²) >= 11 is 3.43. The molecule has 0 bridgehead atoms. The van der Waals surface area contributed by atoms with E-state index in [1.165, 1.54) is 0 Å². The van der Waals surface area contributed by atoms with Crippen LogP contribution in [0.2, 0.25) is 0 Å². The number of hydrogen-bond acceptors (Lipinski definition) is 4. The molecule has 1 aromatic carbocycles. The van der Waals surface area contributed by atoms with Crippen molar-refractivity contribution in [3.8, 4) is 5.75 Å². The monoisotopic (exact) mass is 324 g/mol. The molecule has 0 radical (unpaired) electrons. The van der Waals surface area contributed by atoms with E-state index in [0.717, 1.165) is 28.2 Å². The molecule has 0 spiro atoms. The molecule has 1 unspecified atom stereocenters. The van der Waals surface area contributed by atoms with Gasteiger partial charge in [0.2, 0.25) is 0 Å². The van der Waals surface area contributed by atoms with Crippen LogP contribution in [0.15, 0.2) is 35.1 Å². The number of imidazole rings is 1. The van der Waals surface area contributed by atoms with E-state index in [9.17, 15) is 0 Å². The lowest BCUT2D eigenvalue weighted by atomic mass is 10.1. The number of rotatable bonds is 5. The van der Waals surface area contributed by atoms with Crippen molar-refractivity contribution >= 4 is 15.9 Å². The largest absolute Gasteiger partial charge is 0.496 e. The summed E-state index contributed by atoms with van der Waals surface area (Å²) in [5.41, 5.74) is 3.76. The highest BCUT2D eigenvalue weighted by atomic mass is 79.9. The summed E-state index contributed by atoms with van der Waals surface area (Å²) in [6, 6.07) is 5.64. The normalized spacial score (nSPS) is 12.4. The number of nitrogens with two attached hydrogens (primary N) is 1. The first-order valence-corrected chi connectivity index (χ1v) is 6.81. The van der Waals surface area contributed by atoms with Gasteiger partial charge in [-0.15, -0.1) is 0 Å². The highest BCUT2D eigenvalue weighted by molar-refractivity contribution is 9.10. The number of aromatic nitrogens is 2. The maximum atomic E-state index is 5.71. The minimum Gasteiger partial charge on any atom is -0.496 e. The summed E-state index contributed by atoms with van der Waals surface area (Å²) in [7, 11) is 1.64. The molecule has 2 rings (SSSR count). The fourth-order valence-electron chi connectivity index (χ4n) is 2.08. The topological polar surface area (TPSA) is 65.1 Å². The molecule has 0 aliphatic rings. The first-order chi connectivity index (χ1) is 9.21. The highest BCUT2D eigenvalue weighted by Gasteiger charge is 2.21. The second kappa shape index (κ2) is 6.18. The van der Waals surface area contributed by atoms with Crippen LogP contribution in [0.3, 0.4) is 0 Å². The van der Waals surface area contributed by atoms with Gasteiger partial charge >= 0.3 is 0 Å². The summed E-state index contributed by atoms with van der Waals surface area (Å²) in [4.78, 5) is 4.39. The summed E-state index contributed by atoms with van der Waals surface area (Å²) in [5, 5.41) is 0. The number of halogens is 1. The number of nitrogens with zero attached hydrogens (tertiary/aromatic N) is 2. The summed E-state index contributed by atoms with van der Waals surface area (Å²) < 4.78 is 8.43. The summed E-state index contributed by atoms with van der Waals surface area (Å²) in [6.45, 7) is 2.91. The Balaban J connectivity index is 2.48. The average molecular weight is 325 g/mol. The number of methoxy groups -OCH3 is 1. The molecule has 1 atom stereocenters. The lowest BCUT2D eigenvalue weighted by Gasteiger charge is -2.19. The van der Waals surface area contributed by atoms with Crippen LogP contribution in [0.1, 0.15) is 24.4 Å². The van der Waals surface area contributed by atoms with E-state index in [4.69, 9.17) is 10.6 Å². The second-order valence-corrected chi connectivity index (χ2v) is 4.97. The predicted octanol–water partition coefficient (Wildman–Crippen LogP) is 2.23. The van der Waals surface area contributed by atoms with Crippen molar-refractivity contribution in [2.75, 3.05) is 7.11 Å². The average Bonchev–Trinajstić information content (AvgIpc) is 2.89. The Morgan fingerprint density at radius 1 is 1.53 bits per heavy atom. The van der Waals surface area contributed by atoms with Crippen molar-refractivity contribution in [3.63, 3.8) is 0 Å². The fraction of sp³-hybridized carbons (Fsp3) is 0.308. The third-order valence-corrected chi connectivity index (χ3v) is 3.51. The van der Waals surface area contributed by atoms with E-state index in [1.807, 2.05) is 29.0 Å². The fourth-order valence-corrected chi connectivity index (χ4v) is 2.42. The molecule has 19 heavy (non-hydrogen) atoms. The summed E-state index contributed by atoms with van der Waals surface area (Å²) in [5.74, 6) is 7.34. The third-order valence-electron chi connectivity index (χ3n) is 3.02. The van der Waals surface area contributed by atoms with Gasteiger partial charge in [0.25, 0.3) is 0 Å². The van der Waals surface area contributed by atoms with Crippen molar-refractivity contribution < 1.29 is 4.74 Å². The van der Waals surface area contributed by atoms with Crippen molar-refractivity contribution in [1.29, 1.82) is 0 Å². The minimum atomic E-state index is -0.210. The number of aryl methyl sites for hydroxylation is 1. The zero-order valence-corrected chi connectivity index (χ0v) is 12.5. The third kappa shape index (κ3) is 2.80. The first kappa shape index (κ1) is 14.0. The van der Waals surface area contributed by atoms with Crippen LogP contribution < -0.4 is 16.0 Å². The number of nitrogens with one attached hydrogen (secondary N) is 1. The molecule has 1 aromatic heterocycles. The van der Waals surface area contributed by atoms with Crippen molar-refractivity contribution in [2.45, 2.75) is 19.5 Å². The Morgan fingerprint density at radius 2 is 2.32 bits per heavy atom. The Morgan fingerprint density at radius 3 is 2.95 bits per heavy atom. The van der Waals surface area contributed by atoms with Crippen molar-refractivity contribution in [2.24, 2.45) is 5.84 Å². The Bertz CT molecular complexity index is 555. The Hall–Kier alpha value is -1.37. The number of ether oxygens (including phenoxy) is 1. The lowest BCUT2D eigenvalue weighted by molar-refractivity contribution is 0.401. The maximum absolute atomic E-state index is 5.71. The van der Waals surface area contributed by atoms with Crippen LogP contribution in [0, 0.1) is 0 Å². The molecule has 3 N–H and O–H groups in total. The van der Waals surface area contributed by atoms with Gasteiger partial charge in [-0.1, -0.05) is 22.0 Å². The van der Waals surface area contributed by atoms with Gasteiger partial charge in [0.1, 0.15) is 17.6 Å². The Kier molecular flexibility index (Phi) is 4.57. The van der Waals surface area contributed by atoms with Gasteiger partial charge in [0, 0.05) is 29.0 Å². The molecule has 5 nitrogen and oxygen atoms in total. The molecule has 0 aliphatic heterocycles. The molecule has 0 amide bonds. The quantitative estimate of drug-likeness (QED) is 0.654. The molecule has 0 fully saturated rings. The molecular weight excluding hydrogens is 308 g/mol. The van der Waals surface area contributed by atoms with Crippen molar-refractivity contribution in [1.82, 2.24) is 15.0 Å². The van der Waals surface area contributed by atoms with E-state index >= 15 is 0 Å². The Labute approximate surface area is 120 Å². The SMILES string of the molecule is CCn1ccnc1C(NN)c1ccc(Br)cc1OC. The molecule has 0 aliphatic carbocycles. The maximum Gasteiger partial charge on any atom is 0.131 e. The van der Waals surface area contributed by atoms with Crippen LogP contribution >= 0.6 is 15.9 Å². The highest BCUT2D eigenvalue weighted by Crippen LogP contribution is 2.31. The molecule has 0 saturated heterocycles. The van der Waals surface area contributed by atoms with Gasteiger partial charge in [-0.05, 0) is 19.1 Å². The van der Waals surface area contributed by atoms with Gasteiger partial charge in [0.05, 0.1) is 7.11 Å². The molecule has 102 valence electrons. The van der Waals surface area contributed by atoms with Gasteiger partial charge in [-0.25, -0.2) is 10.4 Å². The number of hydrogen-bond donors (Lipinski definition) is 2. The molecule has 6 heteroatoms. The number of benzene rings is 1. The van der Waals surface area contributed by atoms with Crippen LogP contribution in [-0.4, -0.2) is 16.7 Å². The zero-order chi connectivity index (χ0) is 13.8. The second-order valence-electron chi connectivity index (χ2n) is 4.06. The molecule has 2 aromatic rings. The lowest BCUT2D eigenvalue weighted by Crippen LogP contribution is -2.31. The van der Waals surface area contributed by atoms with E-state index in [1.54, 1.807) is 13.3 Å². The van der Waals surface area contributed by atoms with Gasteiger partial charge in [-0.2, -0.15) is 0 Å². The van der Waals surface area contributed by atoms with Crippen LogP contribution in [0.5, 0.6) is 5.75 Å². The minimum absolute atomic E-state index is 0.210. The zero-order valence-electron chi connectivity index (χ0n) is 10.9. The standard InChI is InChI=1S/C13H17BrN4O/c1-3-18-7-6-16-13(18)12(17-15)10-5-4-9(14)8-11(10)19-2/h4-8,12,17H,3,15H2,1-2H3. The van der Waals surface area contributed by atoms with Crippen LogP contribution in [0.4, 0.5) is 0 Å². The molecular formula is C13H17BrN4O.